The third kappa shape index (κ3) is 8.38. The largest absolute Gasteiger partial charge is 0.772 e. The molecule has 0 fully saturated rings. The summed E-state index contributed by atoms with van der Waals surface area (Å²) < 4.78 is 114. The Labute approximate surface area is 328 Å². The van der Waals surface area contributed by atoms with Crippen LogP contribution in [0.15, 0.2) is 108 Å². The number of phenols is 2. The second kappa shape index (κ2) is 15.3. The first-order valence-corrected chi connectivity index (χ1v) is 21.2. The Hall–Kier alpha value is -5.72. The fourth-order valence-electron chi connectivity index (χ4n) is 6.06. The second-order valence-electron chi connectivity index (χ2n) is 12.6. The predicted octanol–water partition coefficient (Wildman–Crippen LogP) is 6.79. The minimum atomic E-state index is -4.97. The van der Waals surface area contributed by atoms with E-state index in [2.05, 4.69) is 20.5 Å². The molecule has 0 aliphatic heterocycles. The summed E-state index contributed by atoms with van der Waals surface area (Å²) in [5.41, 5.74) is 14.0. The van der Waals surface area contributed by atoms with E-state index >= 15 is 0 Å². The van der Waals surface area contributed by atoms with Crippen molar-refractivity contribution in [1.29, 1.82) is 0 Å². The summed E-state index contributed by atoms with van der Waals surface area (Å²) in [6, 6.07) is 16.5. The van der Waals surface area contributed by atoms with Crippen LogP contribution in [0, 0.1) is 13.8 Å². The number of fused-ring (bicyclic) bond motifs is 2. The molecule has 18 nitrogen and oxygen atoms in total. The van der Waals surface area contributed by atoms with Crippen LogP contribution in [0.1, 0.15) is 16.7 Å². The van der Waals surface area contributed by atoms with E-state index in [1.165, 1.54) is 12.1 Å². The summed E-state index contributed by atoms with van der Waals surface area (Å²) in [7, 11) is -9.67. The second-order valence-corrected chi connectivity index (χ2v) is 17.2. The molecule has 0 amide bonds. The standard InChI is InChI=1S/C35H30N6O12S4/c1-16-7-19(3-5-26(16)38-40-32-28(55(46)47)12-22-11-23(56(48,49)50)14-25(37)31(22)34(32)42)20-4-6-27(17(2)8-20)39-41-33-29(57(51,52)53)13-21-9-18(15-54(44)45)10-24(36)30(21)35(33)43/h3-14,42-43H,15,36-37H2,1-2H3,(H,44,45)(H,46,47)(H,48,49,50)(H,51,52,53)/p-2. The molecule has 57 heavy (non-hydrogen) atoms. The zero-order chi connectivity index (χ0) is 41.7. The molecule has 0 saturated carbocycles. The molecule has 0 bridgehead atoms. The number of azo groups is 2. The fraction of sp³-hybridized carbons (Fsp3) is 0.0857. The number of aromatic hydroxyl groups is 2. The van der Waals surface area contributed by atoms with Crippen LogP contribution < -0.4 is 11.5 Å². The summed E-state index contributed by atoms with van der Waals surface area (Å²) in [6.45, 7) is 3.40. The van der Waals surface area contributed by atoms with Gasteiger partial charge in [-0.2, -0.15) is 27.1 Å². The smallest absolute Gasteiger partial charge is 0.296 e. The van der Waals surface area contributed by atoms with Gasteiger partial charge in [0.2, 0.25) is 0 Å². The van der Waals surface area contributed by atoms with Crippen molar-refractivity contribution in [2.75, 3.05) is 11.5 Å². The van der Waals surface area contributed by atoms with Crippen LogP contribution in [0.4, 0.5) is 34.1 Å². The quantitative estimate of drug-likeness (QED) is 0.0357. The third-order valence-electron chi connectivity index (χ3n) is 8.68. The van der Waals surface area contributed by atoms with Gasteiger partial charge in [-0.15, -0.1) is 10.2 Å². The van der Waals surface area contributed by atoms with Gasteiger partial charge in [0.15, 0.2) is 11.5 Å². The Kier molecular flexibility index (Phi) is 11.0. The van der Waals surface area contributed by atoms with E-state index in [4.69, 9.17) is 11.5 Å². The molecule has 8 N–H and O–H groups in total. The Morgan fingerprint density at radius 1 is 0.649 bits per heavy atom. The molecule has 0 heterocycles. The fourth-order valence-corrected chi connectivity index (χ4v) is 8.23. The summed E-state index contributed by atoms with van der Waals surface area (Å²) in [5.74, 6) is -1.81. The minimum Gasteiger partial charge on any atom is -0.772 e. The van der Waals surface area contributed by atoms with E-state index in [-0.39, 0.29) is 44.2 Å². The van der Waals surface area contributed by atoms with Crippen molar-refractivity contribution >= 4 is 98.1 Å². The van der Waals surface area contributed by atoms with Crippen LogP contribution in [0.3, 0.4) is 0 Å². The Morgan fingerprint density at radius 2 is 1.16 bits per heavy atom. The lowest BCUT2D eigenvalue weighted by molar-refractivity contribution is 0.472. The predicted molar refractivity (Wildman–Crippen MR) is 209 cm³/mol. The molecule has 6 aromatic rings. The highest BCUT2D eigenvalue weighted by atomic mass is 32.2. The molecule has 0 aromatic heterocycles. The first-order valence-electron chi connectivity index (χ1n) is 16.0. The van der Waals surface area contributed by atoms with Crippen LogP contribution >= 0.6 is 0 Å². The van der Waals surface area contributed by atoms with E-state index in [0.717, 1.165) is 24.3 Å². The molecule has 6 rings (SSSR count). The average molecular weight is 853 g/mol. The molecule has 2 atom stereocenters. The van der Waals surface area contributed by atoms with E-state index in [1.807, 2.05) is 0 Å². The Morgan fingerprint density at radius 3 is 1.65 bits per heavy atom. The van der Waals surface area contributed by atoms with Crippen LogP contribution in [0.25, 0.3) is 32.7 Å². The number of hydrogen-bond acceptors (Lipinski definition) is 16. The van der Waals surface area contributed by atoms with Crippen LogP contribution in [-0.2, 0) is 48.1 Å². The van der Waals surface area contributed by atoms with Crippen molar-refractivity contribution in [2.24, 2.45) is 20.5 Å². The molecule has 6 aromatic carbocycles. The number of anilines is 2. The first kappa shape index (κ1) is 40.9. The highest BCUT2D eigenvalue weighted by molar-refractivity contribution is 7.86. The third-order valence-corrected chi connectivity index (χ3v) is 11.6. The number of nitrogens with two attached hydrogens (primary N) is 2. The lowest BCUT2D eigenvalue weighted by Crippen LogP contribution is -2.01. The van der Waals surface area contributed by atoms with Gasteiger partial charge in [0, 0.05) is 27.9 Å². The van der Waals surface area contributed by atoms with Gasteiger partial charge in [-0.3, -0.25) is 17.5 Å². The molecule has 0 aliphatic rings. The first-order chi connectivity index (χ1) is 26.6. The van der Waals surface area contributed by atoms with Gasteiger partial charge in [-0.25, -0.2) is 0 Å². The molecule has 2 unspecified atom stereocenters. The van der Waals surface area contributed by atoms with Crippen LogP contribution in [0.2, 0.25) is 0 Å². The molecule has 22 heteroatoms. The summed E-state index contributed by atoms with van der Waals surface area (Å²) in [4.78, 5) is -1.91. The number of nitrogens with zero attached hydrogens (tertiary/aromatic N) is 4. The Bertz CT molecular complexity index is 3030. The normalized spacial score (nSPS) is 13.6. The lowest BCUT2D eigenvalue weighted by Gasteiger charge is -2.14. The van der Waals surface area contributed by atoms with Gasteiger partial charge < -0.3 is 30.8 Å². The number of phenolic OH excluding ortho intramolecular Hbond substituents is 2. The minimum absolute atomic E-state index is 0.0290. The number of rotatable bonds is 10. The maximum absolute atomic E-state index is 12.3. The van der Waals surface area contributed by atoms with E-state index < -0.39 is 85.7 Å². The van der Waals surface area contributed by atoms with Gasteiger partial charge >= 0.3 is 0 Å². The van der Waals surface area contributed by atoms with Crippen molar-refractivity contribution in [3.8, 4) is 22.6 Å². The molecule has 296 valence electrons. The average Bonchev–Trinajstić information content (AvgIpc) is 3.09. The van der Waals surface area contributed by atoms with Gasteiger partial charge in [-0.1, -0.05) is 23.2 Å². The highest BCUT2D eigenvalue weighted by Gasteiger charge is 2.24. The maximum Gasteiger partial charge on any atom is 0.296 e. The van der Waals surface area contributed by atoms with Crippen molar-refractivity contribution < 1.29 is 53.7 Å². The topological polar surface area (TPSA) is 331 Å². The maximum atomic E-state index is 12.3. The number of nitrogen functional groups attached to an aromatic ring is 2. The molecular formula is C35H28N6O12S4-2. The zero-order valence-electron chi connectivity index (χ0n) is 29.3. The molecule has 0 spiro atoms. The zero-order valence-corrected chi connectivity index (χ0v) is 32.5. The lowest BCUT2D eigenvalue weighted by atomic mass is 10.0. The van der Waals surface area contributed by atoms with Gasteiger partial charge in [-0.05, 0) is 124 Å². The number of hydrogen-bond donors (Lipinski definition) is 6. The number of benzene rings is 6. The SMILES string of the molecule is Cc1cc(-c2ccc(N=Nc3c(S(=O)(=O)O)cc4cc(CS(=O)[O-])cc(N)c4c3O)c(C)c2)ccc1N=Nc1c(S(=O)[O-])cc2cc(S(=O)(=O)O)cc(N)c2c1O. The van der Waals surface area contributed by atoms with Gasteiger partial charge in [0.25, 0.3) is 20.2 Å². The summed E-state index contributed by atoms with van der Waals surface area (Å²) in [5, 5.41) is 38.1. The monoisotopic (exact) mass is 852 g/mol. The summed E-state index contributed by atoms with van der Waals surface area (Å²) in [6.07, 6.45) is 0. The van der Waals surface area contributed by atoms with Gasteiger partial charge in [0.05, 0.1) is 21.2 Å². The highest BCUT2D eigenvalue weighted by Crippen LogP contribution is 2.46. The molecule has 0 aliphatic carbocycles. The molecule has 0 radical (unpaired) electrons. The Balaban J connectivity index is 1.31. The molecule has 0 saturated heterocycles. The van der Waals surface area contributed by atoms with Crippen LogP contribution in [-0.4, -0.2) is 53.7 Å². The van der Waals surface area contributed by atoms with E-state index in [9.17, 15) is 53.7 Å². The van der Waals surface area contributed by atoms with Crippen molar-refractivity contribution in [3.05, 3.63) is 89.5 Å². The van der Waals surface area contributed by atoms with Crippen molar-refractivity contribution in [1.82, 2.24) is 0 Å². The summed E-state index contributed by atoms with van der Waals surface area (Å²) >= 11 is -5.45. The van der Waals surface area contributed by atoms with Crippen LogP contribution in [0.5, 0.6) is 11.5 Å². The molecular weight excluding hydrogens is 825 g/mol. The van der Waals surface area contributed by atoms with Crippen molar-refractivity contribution in [3.63, 3.8) is 0 Å². The van der Waals surface area contributed by atoms with E-state index in [1.54, 1.807) is 50.2 Å². The number of aryl methyl sites for hydroxylation is 2. The van der Waals surface area contributed by atoms with Crippen molar-refractivity contribution in [2.45, 2.75) is 34.3 Å². The van der Waals surface area contributed by atoms with Gasteiger partial charge in [0.1, 0.15) is 16.3 Å². The van der Waals surface area contributed by atoms with E-state index in [0.29, 0.717) is 27.9 Å².